The van der Waals surface area contributed by atoms with Gasteiger partial charge in [0.25, 0.3) is 0 Å². The van der Waals surface area contributed by atoms with Crippen LogP contribution in [0.1, 0.15) is 42.9 Å². The van der Waals surface area contributed by atoms with Gasteiger partial charge in [-0.1, -0.05) is 80.4 Å². The van der Waals surface area contributed by atoms with Crippen molar-refractivity contribution in [1.82, 2.24) is 0 Å². The van der Waals surface area contributed by atoms with Crippen LogP contribution in [0.15, 0.2) is 72.8 Å². The monoisotopic (exact) mass is 412 g/mol. The highest BCUT2D eigenvalue weighted by molar-refractivity contribution is 5.64. The van der Waals surface area contributed by atoms with Gasteiger partial charge in [-0.05, 0) is 65.6 Å². The van der Waals surface area contributed by atoms with Crippen molar-refractivity contribution in [3.8, 4) is 16.9 Å². The molecule has 0 aliphatic carbocycles. The van der Waals surface area contributed by atoms with Crippen molar-refractivity contribution in [2.75, 3.05) is 0 Å². The van der Waals surface area contributed by atoms with E-state index in [0.29, 0.717) is 0 Å². The predicted octanol–water partition coefficient (Wildman–Crippen LogP) is 7.77. The quantitative estimate of drug-likeness (QED) is 0.326. The molecule has 0 aromatic heterocycles. The minimum absolute atomic E-state index is 0.188. The van der Waals surface area contributed by atoms with Crippen molar-refractivity contribution < 1.29 is 17.9 Å². The summed E-state index contributed by atoms with van der Waals surface area (Å²) in [6, 6.07) is 23.4. The lowest BCUT2D eigenvalue weighted by Crippen LogP contribution is -2.17. The van der Waals surface area contributed by atoms with Crippen LogP contribution in [0, 0.1) is 0 Å². The Kier molecular flexibility index (Phi) is 7.56. The number of rotatable bonds is 9. The largest absolute Gasteiger partial charge is 0.573 e. The highest BCUT2D eigenvalue weighted by atomic mass is 19.4. The molecular formula is C26H27F3O. The Morgan fingerprint density at radius 2 is 1.03 bits per heavy atom. The second-order valence-corrected chi connectivity index (χ2v) is 7.54. The lowest BCUT2D eigenvalue weighted by molar-refractivity contribution is -0.274. The van der Waals surface area contributed by atoms with Gasteiger partial charge in [0.15, 0.2) is 0 Å². The first-order valence-corrected chi connectivity index (χ1v) is 10.5. The van der Waals surface area contributed by atoms with Gasteiger partial charge in [0.1, 0.15) is 5.75 Å². The van der Waals surface area contributed by atoms with E-state index in [4.69, 9.17) is 0 Å². The van der Waals surface area contributed by atoms with E-state index in [1.807, 2.05) is 0 Å². The molecule has 3 aromatic carbocycles. The van der Waals surface area contributed by atoms with Crippen LogP contribution in [-0.4, -0.2) is 6.36 Å². The number of hydrogen-bond acceptors (Lipinski definition) is 1. The summed E-state index contributed by atoms with van der Waals surface area (Å²) in [5, 5.41) is 0. The molecule has 0 bridgehead atoms. The van der Waals surface area contributed by atoms with Crippen molar-refractivity contribution in [1.29, 1.82) is 0 Å². The van der Waals surface area contributed by atoms with Crippen LogP contribution in [0.5, 0.6) is 5.75 Å². The van der Waals surface area contributed by atoms with Crippen LogP contribution in [0.4, 0.5) is 13.2 Å². The molecule has 3 aromatic rings. The van der Waals surface area contributed by atoms with Crippen molar-refractivity contribution in [2.24, 2.45) is 0 Å². The van der Waals surface area contributed by atoms with E-state index in [0.717, 1.165) is 24.8 Å². The molecule has 0 fully saturated rings. The maximum atomic E-state index is 12.2. The molecule has 1 nitrogen and oxygen atoms in total. The van der Waals surface area contributed by atoms with Gasteiger partial charge >= 0.3 is 6.36 Å². The summed E-state index contributed by atoms with van der Waals surface area (Å²) >= 11 is 0. The Morgan fingerprint density at radius 3 is 1.47 bits per heavy atom. The van der Waals surface area contributed by atoms with Crippen LogP contribution >= 0.6 is 0 Å². The molecule has 4 heteroatoms. The average Bonchev–Trinajstić information content (AvgIpc) is 2.73. The number of ether oxygens (including phenoxy) is 1. The van der Waals surface area contributed by atoms with Crippen LogP contribution in [0.2, 0.25) is 0 Å². The summed E-state index contributed by atoms with van der Waals surface area (Å²) in [6.07, 6.45) is 1.82. The van der Waals surface area contributed by atoms with Crippen LogP contribution < -0.4 is 4.74 Å². The van der Waals surface area contributed by atoms with Gasteiger partial charge in [-0.2, -0.15) is 0 Å². The van der Waals surface area contributed by atoms with Gasteiger partial charge in [-0.15, -0.1) is 13.2 Å². The Morgan fingerprint density at radius 1 is 0.600 bits per heavy atom. The topological polar surface area (TPSA) is 9.23 Å². The third kappa shape index (κ3) is 6.94. The fourth-order valence-corrected chi connectivity index (χ4v) is 3.45. The van der Waals surface area contributed by atoms with Crippen molar-refractivity contribution in [2.45, 2.75) is 51.8 Å². The third-order valence-corrected chi connectivity index (χ3v) is 5.17. The highest BCUT2D eigenvalue weighted by Gasteiger charge is 2.30. The van der Waals surface area contributed by atoms with E-state index < -0.39 is 6.36 Å². The SMILES string of the molecule is CCCCCc1ccc(-c2ccc(CCc3ccc(OC(F)(F)F)cc3)cc2)cc1. The second-order valence-electron chi connectivity index (χ2n) is 7.54. The molecule has 0 heterocycles. The summed E-state index contributed by atoms with van der Waals surface area (Å²) in [5.74, 6) is -0.188. The molecule has 0 atom stereocenters. The number of aryl methyl sites for hydroxylation is 3. The summed E-state index contributed by atoms with van der Waals surface area (Å²) in [6.45, 7) is 2.22. The molecule has 0 unspecified atom stereocenters. The van der Waals surface area contributed by atoms with E-state index in [9.17, 15) is 13.2 Å². The average molecular weight is 412 g/mol. The highest BCUT2D eigenvalue weighted by Crippen LogP contribution is 2.24. The minimum Gasteiger partial charge on any atom is -0.406 e. The number of hydrogen-bond donors (Lipinski definition) is 0. The Labute approximate surface area is 176 Å². The predicted molar refractivity (Wildman–Crippen MR) is 116 cm³/mol. The van der Waals surface area contributed by atoms with Crippen molar-refractivity contribution >= 4 is 0 Å². The van der Waals surface area contributed by atoms with E-state index in [2.05, 4.69) is 60.2 Å². The number of alkyl halides is 3. The summed E-state index contributed by atoms with van der Waals surface area (Å²) < 4.78 is 40.6. The molecule has 0 aliphatic rings. The Hall–Kier alpha value is -2.75. The maximum absolute atomic E-state index is 12.2. The number of halogens is 3. The zero-order chi connectivity index (χ0) is 21.4. The molecule has 30 heavy (non-hydrogen) atoms. The summed E-state index contributed by atoms with van der Waals surface area (Å²) in [4.78, 5) is 0. The Bertz CT molecular complexity index is 895. The van der Waals surface area contributed by atoms with Crippen LogP contribution in [0.3, 0.4) is 0 Å². The number of unbranched alkanes of at least 4 members (excludes halogenated alkanes) is 2. The van der Waals surface area contributed by atoms with Crippen LogP contribution in [0.25, 0.3) is 11.1 Å². The van der Waals surface area contributed by atoms with Gasteiger partial charge in [0.2, 0.25) is 0 Å². The van der Waals surface area contributed by atoms with E-state index >= 15 is 0 Å². The van der Waals surface area contributed by atoms with Gasteiger partial charge in [-0.25, -0.2) is 0 Å². The minimum atomic E-state index is -4.65. The third-order valence-electron chi connectivity index (χ3n) is 5.17. The molecule has 0 saturated heterocycles. The Balaban J connectivity index is 1.53. The molecular weight excluding hydrogens is 385 g/mol. The van der Waals surface area contributed by atoms with E-state index in [1.54, 1.807) is 12.1 Å². The first-order chi connectivity index (χ1) is 14.4. The molecule has 0 amide bonds. The zero-order valence-corrected chi connectivity index (χ0v) is 17.2. The maximum Gasteiger partial charge on any atom is 0.573 e. The lowest BCUT2D eigenvalue weighted by atomic mass is 9.98. The second kappa shape index (κ2) is 10.3. The first-order valence-electron chi connectivity index (χ1n) is 10.5. The molecule has 0 spiro atoms. The standard InChI is InChI=1S/C26H27F3O/c1-2-3-4-5-20-8-14-23(15-9-20)24-16-10-21(11-17-24)6-7-22-12-18-25(19-13-22)30-26(27,28)29/h8-19H,2-7H2,1H3. The summed E-state index contributed by atoms with van der Waals surface area (Å²) in [5.41, 5.74) is 5.96. The smallest absolute Gasteiger partial charge is 0.406 e. The van der Waals surface area contributed by atoms with Gasteiger partial charge < -0.3 is 4.74 Å². The van der Waals surface area contributed by atoms with E-state index in [1.165, 1.54) is 53.6 Å². The first kappa shape index (κ1) is 21.9. The fourth-order valence-electron chi connectivity index (χ4n) is 3.45. The molecule has 3 rings (SSSR count). The summed E-state index contributed by atoms with van der Waals surface area (Å²) in [7, 11) is 0. The fraction of sp³-hybridized carbons (Fsp3) is 0.308. The molecule has 0 aliphatic heterocycles. The molecule has 0 saturated carbocycles. The number of benzene rings is 3. The normalized spacial score (nSPS) is 11.5. The van der Waals surface area contributed by atoms with Crippen molar-refractivity contribution in [3.05, 3.63) is 89.5 Å². The zero-order valence-electron chi connectivity index (χ0n) is 17.2. The van der Waals surface area contributed by atoms with Crippen LogP contribution in [-0.2, 0) is 19.3 Å². The molecule has 158 valence electrons. The molecule has 0 N–H and O–H groups in total. The van der Waals surface area contributed by atoms with Crippen molar-refractivity contribution in [3.63, 3.8) is 0 Å². The van der Waals surface area contributed by atoms with Gasteiger partial charge in [-0.3, -0.25) is 0 Å². The van der Waals surface area contributed by atoms with Gasteiger partial charge in [0.05, 0.1) is 0 Å². The lowest BCUT2D eigenvalue weighted by Gasteiger charge is -2.09. The van der Waals surface area contributed by atoms with Gasteiger partial charge in [0, 0.05) is 0 Å². The molecule has 0 radical (unpaired) electrons. The van der Waals surface area contributed by atoms with E-state index in [-0.39, 0.29) is 5.75 Å².